The number of benzene rings is 2. The third-order valence-corrected chi connectivity index (χ3v) is 5.38. The molecule has 1 aliphatic rings. The molecule has 0 aliphatic carbocycles. The molecule has 1 aliphatic heterocycles. The summed E-state index contributed by atoms with van der Waals surface area (Å²) in [4.78, 5) is 22.8. The number of rotatable bonds is 2. The zero-order chi connectivity index (χ0) is 21.9. The van der Waals surface area contributed by atoms with Crippen molar-refractivity contribution in [3.05, 3.63) is 95.4 Å². The van der Waals surface area contributed by atoms with Crippen molar-refractivity contribution in [1.82, 2.24) is 19.7 Å². The summed E-state index contributed by atoms with van der Waals surface area (Å²) < 4.78 is 1.70. The molecule has 7 heteroatoms. The molecule has 2 amide bonds. The number of hydrogen-bond donors (Lipinski definition) is 1. The first-order valence-corrected chi connectivity index (χ1v) is 10.4. The summed E-state index contributed by atoms with van der Waals surface area (Å²) in [6, 6.07) is 18.9. The third kappa shape index (κ3) is 3.92. The van der Waals surface area contributed by atoms with Crippen molar-refractivity contribution in [2.75, 3.05) is 11.9 Å². The molecule has 2 aromatic carbocycles. The molecule has 158 valence electrons. The van der Waals surface area contributed by atoms with Crippen molar-refractivity contribution in [2.45, 2.75) is 19.4 Å². The van der Waals surface area contributed by atoms with Crippen molar-refractivity contribution in [3.8, 4) is 11.8 Å². The molecule has 0 saturated carbocycles. The molecule has 0 bridgehead atoms. The maximum absolute atomic E-state index is 12.9. The van der Waals surface area contributed by atoms with Gasteiger partial charge >= 0.3 is 6.03 Å². The lowest BCUT2D eigenvalue weighted by atomic mass is 10.1. The number of carbonyl (C=O) groups is 1. The average Bonchev–Trinajstić information content (AvgIpc) is 3.47. The largest absolute Gasteiger partial charge is 0.346 e. The van der Waals surface area contributed by atoms with Gasteiger partial charge in [-0.05, 0) is 48.2 Å². The van der Waals surface area contributed by atoms with Gasteiger partial charge in [0.05, 0.1) is 18.8 Å². The van der Waals surface area contributed by atoms with Gasteiger partial charge in [0.15, 0.2) is 5.65 Å². The molecule has 1 saturated heterocycles. The van der Waals surface area contributed by atoms with E-state index in [9.17, 15) is 4.79 Å². The highest BCUT2D eigenvalue weighted by Gasteiger charge is 2.31. The van der Waals surface area contributed by atoms with E-state index in [-0.39, 0.29) is 12.1 Å². The van der Waals surface area contributed by atoms with E-state index in [4.69, 9.17) is 4.84 Å². The summed E-state index contributed by atoms with van der Waals surface area (Å²) in [7, 11) is 0. The highest BCUT2D eigenvalue weighted by atomic mass is 16.7. The van der Waals surface area contributed by atoms with Crippen LogP contribution in [0.2, 0.25) is 0 Å². The number of amides is 2. The molecule has 1 N–H and O–H groups in total. The van der Waals surface area contributed by atoms with Gasteiger partial charge in [-0.25, -0.2) is 14.3 Å². The van der Waals surface area contributed by atoms with Gasteiger partial charge in [0, 0.05) is 23.9 Å². The van der Waals surface area contributed by atoms with Crippen LogP contribution < -0.4 is 5.32 Å². The lowest BCUT2D eigenvalue weighted by Crippen LogP contribution is -2.33. The molecule has 32 heavy (non-hydrogen) atoms. The van der Waals surface area contributed by atoms with Crippen LogP contribution in [0.25, 0.3) is 5.65 Å². The van der Waals surface area contributed by atoms with Gasteiger partial charge in [0.1, 0.15) is 5.69 Å². The zero-order valence-electron chi connectivity index (χ0n) is 17.5. The highest BCUT2D eigenvalue weighted by Crippen LogP contribution is 2.30. The monoisotopic (exact) mass is 423 g/mol. The summed E-state index contributed by atoms with van der Waals surface area (Å²) in [5.74, 6) is 6.31. The molecular weight excluding hydrogens is 402 g/mol. The van der Waals surface area contributed by atoms with Crippen LogP contribution in [-0.2, 0) is 4.84 Å². The van der Waals surface area contributed by atoms with Gasteiger partial charge in [0.2, 0.25) is 0 Å². The summed E-state index contributed by atoms with van der Waals surface area (Å²) in [5.41, 5.74) is 4.98. The van der Waals surface area contributed by atoms with Crippen LogP contribution >= 0.6 is 0 Å². The van der Waals surface area contributed by atoms with Crippen molar-refractivity contribution >= 4 is 17.4 Å². The number of hydrogen-bond acceptors (Lipinski definition) is 4. The first-order valence-electron chi connectivity index (χ1n) is 10.4. The molecular formula is C25H21N5O2. The number of aromatic nitrogens is 3. The van der Waals surface area contributed by atoms with Crippen LogP contribution in [0.3, 0.4) is 0 Å². The van der Waals surface area contributed by atoms with E-state index in [1.165, 1.54) is 5.06 Å². The highest BCUT2D eigenvalue weighted by molar-refractivity contribution is 5.89. The fourth-order valence-corrected chi connectivity index (χ4v) is 3.71. The molecule has 3 heterocycles. The van der Waals surface area contributed by atoms with Crippen molar-refractivity contribution in [1.29, 1.82) is 0 Å². The number of nitrogens with one attached hydrogen (secondary N) is 1. The lowest BCUT2D eigenvalue weighted by Gasteiger charge is -2.23. The maximum atomic E-state index is 12.9. The normalized spacial score (nSPS) is 15.4. The van der Waals surface area contributed by atoms with Gasteiger partial charge in [-0.1, -0.05) is 42.3 Å². The van der Waals surface area contributed by atoms with Gasteiger partial charge in [-0.15, -0.1) is 0 Å². The first kappa shape index (κ1) is 19.8. The Bertz CT molecular complexity index is 1340. The van der Waals surface area contributed by atoms with Crippen LogP contribution in [-0.4, -0.2) is 32.3 Å². The van der Waals surface area contributed by atoms with Crippen molar-refractivity contribution in [3.63, 3.8) is 0 Å². The zero-order valence-corrected chi connectivity index (χ0v) is 17.5. The molecule has 0 radical (unpaired) electrons. The number of nitrogens with zero attached hydrogens (tertiary/aromatic N) is 4. The quantitative estimate of drug-likeness (QED) is 0.487. The molecule has 1 fully saturated rings. The molecule has 0 spiro atoms. The van der Waals surface area contributed by atoms with Crippen molar-refractivity contribution in [2.24, 2.45) is 0 Å². The van der Waals surface area contributed by atoms with E-state index in [0.29, 0.717) is 18.0 Å². The minimum Gasteiger partial charge on any atom is -0.306 e. The second-order valence-corrected chi connectivity index (χ2v) is 7.52. The van der Waals surface area contributed by atoms with E-state index in [1.54, 1.807) is 16.9 Å². The minimum absolute atomic E-state index is 0.108. The molecule has 1 atom stereocenters. The van der Waals surface area contributed by atoms with Gasteiger partial charge in [-0.3, -0.25) is 4.84 Å². The Kier molecular flexibility index (Phi) is 5.28. The van der Waals surface area contributed by atoms with E-state index in [1.807, 2.05) is 67.6 Å². The van der Waals surface area contributed by atoms with E-state index in [0.717, 1.165) is 28.8 Å². The average molecular weight is 423 g/mol. The number of imidazole rings is 1. The summed E-state index contributed by atoms with van der Waals surface area (Å²) in [5, 5.41) is 8.64. The third-order valence-electron chi connectivity index (χ3n) is 5.38. The fraction of sp³-hybridized carbons (Fsp3) is 0.160. The SMILES string of the molecule is Cc1ccc(NC(=O)N2OCCC2c2ccccc2)cc1C#Cc1cnc2cccnn12. The van der Waals surface area contributed by atoms with Gasteiger partial charge in [0.25, 0.3) is 0 Å². The van der Waals surface area contributed by atoms with Gasteiger partial charge in [-0.2, -0.15) is 10.2 Å². The summed E-state index contributed by atoms with van der Waals surface area (Å²) in [6.07, 6.45) is 4.16. The van der Waals surface area contributed by atoms with Crippen LogP contribution in [0.15, 0.2) is 73.1 Å². The predicted octanol–water partition coefficient (Wildman–Crippen LogP) is 4.35. The Morgan fingerprint density at radius 2 is 2.00 bits per heavy atom. The molecule has 4 aromatic rings. The Balaban J connectivity index is 1.36. The number of urea groups is 1. The van der Waals surface area contributed by atoms with E-state index < -0.39 is 0 Å². The number of fused-ring (bicyclic) bond motifs is 1. The Morgan fingerprint density at radius 1 is 1.12 bits per heavy atom. The second kappa shape index (κ2) is 8.53. The first-order chi connectivity index (χ1) is 15.7. The predicted molar refractivity (Wildman–Crippen MR) is 121 cm³/mol. The fourth-order valence-electron chi connectivity index (χ4n) is 3.71. The number of carbonyl (C=O) groups excluding carboxylic acids is 1. The molecule has 7 nitrogen and oxygen atoms in total. The number of aryl methyl sites for hydroxylation is 1. The lowest BCUT2D eigenvalue weighted by molar-refractivity contribution is -0.0829. The Hall–Kier alpha value is -4.15. The number of anilines is 1. The number of hydroxylamine groups is 2. The molecule has 5 rings (SSSR count). The van der Waals surface area contributed by atoms with E-state index in [2.05, 4.69) is 27.2 Å². The van der Waals surface area contributed by atoms with E-state index >= 15 is 0 Å². The molecule has 1 unspecified atom stereocenters. The van der Waals surface area contributed by atoms with Crippen LogP contribution in [0.1, 0.15) is 34.8 Å². The summed E-state index contributed by atoms with van der Waals surface area (Å²) in [6.45, 7) is 2.49. The van der Waals surface area contributed by atoms with Crippen LogP contribution in [0.4, 0.5) is 10.5 Å². The summed E-state index contributed by atoms with van der Waals surface area (Å²) >= 11 is 0. The van der Waals surface area contributed by atoms with Crippen LogP contribution in [0, 0.1) is 18.8 Å². The van der Waals surface area contributed by atoms with Crippen molar-refractivity contribution < 1.29 is 9.63 Å². The maximum Gasteiger partial charge on any atom is 0.346 e. The standard InChI is InChI=1S/C25H21N5O2/c1-18-9-11-21(16-20(18)10-12-22-17-26-24-8-5-14-27-29(22)24)28-25(31)30-23(13-15-32-30)19-6-3-2-4-7-19/h2-9,11,14,16-17,23H,13,15H2,1H3,(H,28,31). The minimum atomic E-state index is -0.301. The van der Waals surface area contributed by atoms with Crippen LogP contribution in [0.5, 0.6) is 0 Å². The molecule has 2 aromatic heterocycles. The topological polar surface area (TPSA) is 71.8 Å². The Morgan fingerprint density at radius 3 is 2.88 bits per heavy atom. The smallest absolute Gasteiger partial charge is 0.306 e. The second-order valence-electron chi connectivity index (χ2n) is 7.52. The van der Waals surface area contributed by atoms with Gasteiger partial charge < -0.3 is 5.32 Å². The Labute approximate surface area is 185 Å².